The van der Waals surface area contributed by atoms with Crippen LogP contribution < -0.4 is 5.32 Å². The lowest BCUT2D eigenvalue weighted by molar-refractivity contribution is -0.132. The van der Waals surface area contributed by atoms with Gasteiger partial charge in [-0.05, 0) is 50.5 Å². The maximum absolute atomic E-state index is 13.0. The molecule has 0 aliphatic heterocycles. The number of hydrogen-bond donors (Lipinski definition) is 1. The van der Waals surface area contributed by atoms with E-state index >= 15 is 0 Å². The molecule has 1 aromatic carbocycles. The van der Waals surface area contributed by atoms with E-state index in [-0.39, 0.29) is 5.91 Å². The summed E-state index contributed by atoms with van der Waals surface area (Å²) < 4.78 is 5.32. The molecule has 0 saturated carbocycles. The van der Waals surface area contributed by atoms with Crippen LogP contribution in [0.15, 0.2) is 54.9 Å². The molecule has 0 radical (unpaired) electrons. The number of nitrogens with one attached hydrogen (secondary N) is 1. The monoisotopic (exact) mass is 369 g/mol. The summed E-state index contributed by atoms with van der Waals surface area (Å²) in [6.07, 6.45) is 3.55. The first kappa shape index (κ1) is 20.4. The molecule has 2 aromatic rings. The molecule has 144 valence electrons. The Kier molecular flexibility index (Phi) is 6.93. The van der Waals surface area contributed by atoms with Gasteiger partial charge in [-0.3, -0.25) is 9.78 Å². The molecule has 0 spiro atoms. The van der Waals surface area contributed by atoms with Crippen LogP contribution in [0.2, 0.25) is 0 Å². The summed E-state index contributed by atoms with van der Waals surface area (Å²) >= 11 is 0. The van der Waals surface area contributed by atoms with Crippen molar-refractivity contribution in [2.45, 2.75) is 38.8 Å². The molecule has 1 atom stereocenters. The summed E-state index contributed by atoms with van der Waals surface area (Å²) in [5.41, 5.74) is 1.17. The van der Waals surface area contributed by atoms with Crippen molar-refractivity contribution >= 4 is 12.0 Å². The van der Waals surface area contributed by atoms with E-state index in [1.807, 2.05) is 42.5 Å². The average Bonchev–Trinajstić information content (AvgIpc) is 2.64. The first-order valence-corrected chi connectivity index (χ1v) is 8.94. The topological polar surface area (TPSA) is 71.5 Å². The average molecular weight is 369 g/mol. The molecule has 0 bridgehead atoms. The summed E-state index contributed by atoms with van der Waals surface area (Å²) in [6.45, 7) is 5.88. The van der Waals surface area contributed by atoms with E-state index < -0.39 is 17.7 Å². The van der Waals surface area contributed by atoms with Gasteiger partial charge in [0.25, 0.3) is 0 Å². The smallest absolute Gasteiger partial charge is 0.408 e. The number of ether oxygens (including phenoxy) is 1. The van der Waals surface area contributed by atoms with Crippen LogP contribution in [0.4, 0.5) is 4.79 Å². The number of rotatable bonds is 6. The van der Waals surface area contributed by atoms with Crippen molar-refractivity contribution in [2.75, 3.05) is 13.6 Å². The quantitative estimate of drug-likeness (QED) is 0.848. The van der Waals surface area contributed by atoms with E-state index in [4.69, 9.17) is 4.74 Å². The summed E-state index contributed by atoms with van der Waals surface area (Å²) in [5, 5.41) is 2.71. The third kappa shape index (κ3) is 6.73. The van der Waals surface area contributed by atoms with Crippen LogP contribution in [0, 0.1) is 0 Å². The van der Waals surface area contributed by atoms with E-state index in [0.717, 1.165) is 5.56 Å². The minimum Gasteiger partial charge on any atom is -0.444 e. The molecule has 1 aromatic heterocycles. The molecule has 0 fully saturated rings. The van der Waals surface area contributed by atoms with Crippen LogP contribution in [0.1, 0.15) is 37.9 Å². The SMILES string of the molecule is CN(CCc1ccncc1)C(=O)C(NC(=O)OC(C)(C)C)c1ccccc1. The first-order valence-electron chi connectivity index (χ1n) is 8.94. The second kappa shape index (κ2) is 9.16. The van der Waals surface area contributed by atoms with E-state index in [9.17, 15) is 9.59 Å². The van der Waals surface area contributed by atoms with Crippen LogP contribution in [-0.4, -0.2) is 41.1 Å². The molecule has 1 N–H and O–H groups in total. The van der Waals surface area contributed by atoms with Gasteiger partial charge in [0.05, 0.1) is 0 Å². The Hall–Kier alpha value is -2.89. The predicted octanol–water partition coefficient (Wildman–Crippen LogP) is 3.35. The number of likely N-dealkylation sites (N-methyl/N-ethyl adjacent to an activating group) is 1. The molecular formula is C21H27N3O3. The lowest BCUT2D eigenvalue weighted by Gasteiger charge is -2.27. The number of pyridine rings is 1. The molecule has 0 aliphatic carbocycles. The molecule has 1 heterocycles. The molecule has 2 rings (SSSR count). The third-order valence-corrected chi connectivity index (χ3v) is 3.90. The minimum atomic E-state index is -0.802. The molecule has 27 heavy (non-hydrogen) atoms. The Morgan fingerprint density at radius 2 is 1.74 bits per heavy atom. The van der Waals surface area contributed by atoms with Crippen LogP contribution in [0.5, 0.6) is 0 Å². The van der Waals surface area contributed by atoms with Gasteiger partial charge in [-0.15, -0.1) is 0 Å². The van der Waals surface area contributed by atoms with Crippen molar-refractivity contribution < 1.29 is 14.3 Å². The Balaban J connectivity index is 2.09. The van der Waals surface area contributed by atoms with Gasteiger partial charge in [-0.1, -0.05) is 30.3 Å². The molecule has 6 heteroatoms. The highest BCUT2D eigenvalue weighted by Gasteiger charge is 2.27. The fourth-order valence-corrected chi connectivity index (χ4v) is 2.54. The number of nitrogens with zero attached hydrogens (tertiary/aromatic N) is 2. The van der Waals surface area contributed by atoms with Crippen molar-refractivity contribution in [2.24, 2.45) is 0 Å². The highest BCUT2D eigenvalue weighted by atomic mass is 16.6. The maximum Gasteiger partial charge on any atom is 0.408 e. The van der Waals surface area contributed by atoms with Gasteiger partial charge in [0.15, 0.2) is 0 Å². The molecule has 2 amide bonds. The van der Waals surface area contributed by atoms with Gasteiger partial charge >= 0.3 is 6.09 Å². The number of carbonyl (C=O) groups excluding carboxylic acids is 2. The molecule has 0 saturated heterocycles. The van der Waals surface area contributed by atoms with Crippen molar-refractivity contribution in [3.63, 3.8) is 0 Å². The second-order valence-electron chi connectivity index (χ2n) is 7.36. The standard InChI is InChI=1S/C21H27N3O3/c1-21(2,3)27-20(26)23-18(17-8-6-5-7-9-17)19(25)24(4)15-12-16-10-13-22-14-11-16/h5-11,13-14,18H,12,15H2,1-4H3,(H,23,26). The van der Waals surface area contributed by atoms with Crippen LogP contribution in [-0.2, 0) is 16.0 Å². The van der Waals surface area contributed by atoms with E-state index in [1.54, 1.807) is 45.1 Å². The fraction of sp³-hybridized carbons (Fsp3) is 0.381. The highest BCUT2D eigenvalue weighted by molar-refractivity contribution is 5.86. The number of carbonyl (C=O) groups is 2. The Morgan fingerprint density at radius 3 is 2.33 bits per heavy atom. The zero-order valence-corrected chi connectivity index (χ0v) is 16.3. The number of hydrogen-bond acceptors (Lipinski definition) is 4. The molecule has 0 aliphatic rings. The number of benzene rings is 1. The fourth-order valence-electron chi connectivity index (χ4n) is 2.54. The molecule has 6 nitrogen and oxygen atoms in total. The summed E-state index contributed by atoms with van der Waals surface area (Å²) in [4.78, 5) is 30.9. The number of amides is 2. The highest BCUT2D eigenvalue weighted by Crippen LogP contribution is 2.17. The van der Waals surface area contributed by atoms with Crippen LogP contribution in [0.25, 0.3) is 0 Å². The number of aromatic nitrogens is 1. The van der Waals surface area contributed by atoms with Gasteiger partial charge in [0.2, 0.25) is 5.91 Å². The Morgan fingerprint density at radius 1 is 1.11 bits per heavy atom. The van der Waals surface area contributed by atoms with Crippen molar-refractivity contribution in [3.8, 4) is 0 Å². The second-order valence-corrected chi connectivity index (χ2v) is 7.36. The lowest BCUT2D eigenvalue weighted by atomic mass is 10.1. The zero-order chi connectivity index (χ0) is 19.9. The summed E-state index contributed by atoms with van der Waals surface area (Å²) in [6, 6.07) is 12.2. The predicted molar refractivity (Wildman–Crippen MR) is 104 cm³/mol. The molecular weight excluding hydrogens is 342 g/mol. The van der Waals surface area contributed by atoms with Crippen molar-refractivity contribution in [3.05, 3.63) is 66.0 Å². The van der Waals surface area contributed by atoms with Gasteiger partial charge in [0.1, 0.15) is 11.6 Å². The maximum atomic E-state index is 13.0. The van der Waals surface area contributed by atoms with Crippen molar-refractivity contribution in [1.29, 1.82) is 0 Å². The lowest BCUT2D eigenvalue weighted by Crippen LogP contribution is -2.43. The normalized spacial score (nSPS) is 12.1. The van der Waals surface area contributed by atoms with Gasteiger partial charge in [-0.25, -0.2) is 4.79 Å². The zero-order valence-electron chi connectivity index (χ0n) is 16.3. The largest absolute Gasteiger partial charge is 0.444 e. The van der Waals surface area contributed by atoms with E-state index in [2.05, 4.69) is 10.3 Å². The van der Waals surface area contributed by atoms with Gasteiger partial charge in [-0.2, -0.15) is 0 Å². The van der Waals surface area contributed by atoms with Gasteiger partial charge in [0, 0.05) is 26.0 Å². The van der Waals surface area contributed by atoms with Crippen LogP contribution >= 0.6 is 0 Å². The summed E-state index contributed by atoms with van der Waals surface area (Å²) in [7, 11) is 1.73. The van der Waals surface area contributed by atoms with Crippen LogP contribution in [0.3, 0.4) is 0 Å². The third-order valence-electron chi connectivity index (χ3n) is 3.90. The van der Waals surface area contributed by atoms with E-state index in [0.29, 0.717) is 18.5 Å². The Labute approximate surface area is 160 Å². The van der Waals surface area contributed by atoms with Gasteiger partial charge < -0.3 is 15.0 Å². The van der Waals surface area contributed by atoms with Crippen molar-refractivity contribution in [1.82, 2.24) is 15.2 Å². The summed E-state index contributed by atoms with van der Waals surface area (Å²) in [5.74, 6) is -0.193. The number of alkyl carbamates (subject to hydrolysis) is 1. The van der Waals surface area contributed by atoms with E-state index in [1.165, 1.54) is 0 Å². The molecule has 1 unspecified atom stereocenters. The Bertz CT molecular complexity index is 742. The first-order chi connectivity index (χ1) is 12.8. The minimum absolute atomic E-state index is 0.193.